The summed E-state index contributed by atoms with van der Waals surface area (Å²) in [6.45, 7) is 1.36. The van der Waals surface area contributed by atoms with E-state index in [9.17, 15) is 9.59 Å². The molecule has 1 rings (SSSR count). The average molecular weight is 206 g/mol. The number of amides is 1. The SMILES string of the molecule is C/C(=C/C(=O)Nc1ccncc1)C(=O)O. The van der Waals surface area contributed by atoms with Crippen molar-refractivity contribution < 1.29 is 14.7 Å². The van der Waals surface area contributed by atoms with E-state index < -0.39 is 11.9 Å². The number of nitrogens with one attached hydrogen (secondary N) is 1. The second-order valence-electron chi connectivity index (χ2n) is 2.86. The van der Waals surface area contributed by atoms with E-state index in [1.165, 1.54) is 19.3 Å². The molecule has 2 N–H and O–H groups in total. The van der Waals surface area contributed by atoms with Crippen molar-refractivity contribution in [2.75, 3.05) is 5.32 Å². The van der Waals surface area contributed by atoms with Crippen LogP contribution in [-0.4, -0.2) is 22.0 Å². The van der Waals surface area contributed by atoms with E-state index in [0.717, 1.165) is 6.08 Å². The number of anilines is 1. The van der Waals surface area contributed by atoms with Gasteiger partial charge in [0.05, 0.1) is 0 Å². The highest BCUT2D eigenvalue weighted by Gasteiger charge is 2.03. The zero-order valence-corrected chi connectivity index (χ0v) is 8.10. The normalized spacial score (nSPS) is 10.9. The molecule has 5 nitrogen and oxygen atoms in total. The van der Waals surface area contributed by atoms with Crippen LogP contribution in [0.25, 0.3) is 0 Å². The zero-order valence-electron chi connectivity index (χ0n) is 8.10. The summed E-state index contributed by atoms with van der Waals surface area (Å²) in [5.74, 6) is -1.58. The highest BCUT2D eigenvalue weighted by molar-refractivity contribution is 6.04. The average Bonchev–Trinajstić information content (AvgIpc) is 2.18. The number of carboxylic acids is 1. The summed E-state index contributed by atoms with van der Waals surface area (Å²) in [6, 6.07) is 3.23. The van der Waals surface area contributed by atoms with Gasteiger partial charge in [0, 0.05) is 29.7 Å². The van der Waals surface area contributed by atoms with Crippen molar-refractivity contribution in [2.24, 2.45) is 0 Å². The van der Waals surface area contributed by atoms with E-state index >= 15 is 0 Å². The van der Waals surface area contributed by atoms with Gasteiger partial charge in [0.2, 0.25) is 5.91 Å². The van der Waals surface area contributed by atoms with Crippen LogP contribution in [-0.2, 0) is 9.59 Å². The number of carbonyl (C=O) groups excluding carboxylic acids is 1. The van der Waals surface area contributed by atoms with Crippen molar-refractivity contribution in [1.82, 2.24) is 4.98 Å². The topological polar surface area (TPSA) is 79.3 Å². The fourth-order valence-electron chi connectivity index (χ4n) is 0.872. The Morgan fingerprint density at radius 3 is 2.53 bits per heavy atom. The van der Waals surface area contributed by atoms with Crippen molar-refractivity contribution >= 4 is 17.6 Å². The van der Waals surface area contributed by atoms with Gasteiger partial charge in [-0.25, -0.2) is 4.79 Å². The highest BCUT2D eigenvalue weighted by atomic mass is 16.4. The number of nitrogens with zero attached hydrogens (tertiary/aromatic N) is 1. The minimum absolute atomic E-state index is 0.0124. The molecule has 0 fully saturated rings. The van der Waals surface area contributed by atoms with Gasteiger partial charge in [0.15, 0.2) is 0 Å². The lowest BCUT2D eigenvalue weighted by Gasteiger charge is -2.00. The molecule has 15 heavy (non-hydrogen) atoms. The minimum atomic E-state index is -1.11. The number of hydrogen-bond donors (Lipinski definition) is 2. The van der Waals surface area contributed by atoms with E-state index in [4.69, 9.17) is 5.11 Å². The van der Waals surface area contributed by atoms with Crippen LogP contribution in [0.2, 0.25) is 0 Å². The summed E-state index contributed by atoms with van der Waals surface area (Å²) in [7, 11) is 0. The van der Waals surface area contributed by atoms with Crippen molar-refractivity contribution in [1.29, 1.82) is 0 Å². The van der Waals surface area contributed by atoms with Gasteiger partial charge in [-0.2, -0.15) is 0 Å². The van der Waals surface area contributed by atoms with E-state index in [0.29, 0.717) is 5.69 Å². The molecule has 0 aliphatic heterocycles. The molecule has 0 aromatic carbocycles. The van der Waals surface area contributed by atoms with Crippen molar-refractivity contribution in [3.63, 3.8) is 0 Å². The molecule has 0 spiro atoms. The van der Waals surface area contributed by atoms with E-state index in [1.807, 2.05) is 0 Å². The van der Waals surface area contributed by atoms with Crippen molar-refractivity contribution in [2.45, 2.75) is 6.92 Å². The van der Waals surface area contributed by atoms with Gasteiger partial charge < -0.3 is 10.4 Å². The van der Waals surface area contributed by atoms with E-state index in [1.54, 1.807) is 12.1 Å². The van der Waals surface area contributed by atoms with E-state index in [2.05, 4.69) is 10.3 Å². The number of carboxylic acid groups (broad SMARTS) is 1. The summed E-state index contributed by atoms with van der Waals surface area (Å²) in [5, 5.41) is 11.0. The zero-order chi connectivity index (χ0) is 11.3. The lowest BCUT2D eigenvalue weighted by molar-refractivity contribution is -0.132. The molecule has 0 radical (unpaired) electrons. The number of aromatic nitrogens is 1. The predicted molar refractivity (Wildman–Crippen MR) is 54.3 cm³/mol. The first-order chi connectivity index (χ1) is 7.09. The summed E-state index contributed by atoms with van der Waals surface area (Å²) in [6.07, 6.45) is 4.09. The first-order valence-electron chi connectivity index (χ1n) is 4.22. The first-order valence-corrected chi connectivity index (χ1v) is 4.22. The Morgan fingerprint density at radius 2 is 2.00 bits per heavy atom. The number of carbonyl (C=O) groups is 2. The summed E-state index contributed by atoms with van der Waals surface area (Å²) >= 11 is 0. The Balaban J connectivity index is 2.65. The van der Waals surface area contributed by atoms with Crippen molar-refractivity contribution in [3.05, 3.63) is 36.2 Å². The van der Waals surface area contributed by atoms with Gasteiger partial charge in [0.25, 0.3) is 0 Å². The number of hydrogen-bond acceptors (Lipinski definition) is 3. The summed E-state index contributed by atoms with van der Waals surface area (Å²) in [4.78, 5) is 25.5. The molecule has 0 aliphatic rings. The predicted octanol–water partition coefficient (Wildman–Crippen LogP) is 1.05. The van der Waals surface area contributed by atoms with Crippen LogP contribution >= 0.6 is 0 Å². The number of pyridine rings is 1. The Bertz CT molecular complexity index is 398. The van der Waals surface area contributed by atoms with Crippen molar-refractivity contribution in [3.8, 4) is 0 Å². The molecular weight excluding hydrogens is 196 g/mol. The Morgan fingerprint density at radius 1 is 1.40 bits per heavy atom. The smallest absolute Gasteiger partial charge is 0.331 e. The molecule has 78 valence electrons. The van der Waals surface area contributed by atoms with Crippen LogP contribution in [0.1, 0.15) is 6.92 Å². The summed E-state index contributed by atoms with van der Waals surface area (Å²) in [5.41, 5.74) is 0.561. The fourth-order valence-corrected chi connectivity index (χ4v) is 0.872. The maximum absolute atomic E-state index is 11.3. The molecule has 1 amide bonds. The molecule has 0 saturated carbocycles. The Labute approximate surface area is 86.5 Å². The molecule has 5 heteroatoms. The molecule has 1 heterocycles. The minimum Gasteiger partial charge on any atom is -0.478 e. The Hall–Kier alpha value is -2.17. The van der Waals surface area contributed by atoms with Crippen LogP contribution in [0.4, 0.5) is 5.69 Å². The van der Waals surface area contributed by atoms with Crippen LogP contribution in [0, 0.1) is 0 Å². The molecule has 1 aromatic heterocycles. The van der Waals surface area contributed by atoms with Gasteiger partial charge in [-0.15, -0.1) is 0 Å². The van der Waals surface area contributed by atoms with Crippen LogP contribution in [0.5, 0.6) is 0 Å². The van der Waals surface area contributed by atoms with Crippen LogP contribution in [0.3, 0.4) is 0 Å². The number of aliphatic carboxylic acids is 1. The standard InChI is InChI=1S/C10H10N2O3/c1-7(10(14)15)6-9(13)12-8-2-4-11-5-3-8/h2-6H,1H3,(H,14,15)(H,11,12,13)/b7-6-. The third kappa shape index (κ3) is 3.60. The van der Waals surface area contributed by atoms with Crippen LogP contribution < -0.4 is 5.32 Å². The molecule has 0 aliphatic carbocycles. The van der Waals surface area contributed by atoms with Gasteiger partial charge in [-0.05, 0) is 19.1 Å². The second-order valence-corrected chi connectivity index (χ2v) is 2.86. The van der Waals surface area contributed by atoms with E-state index in [-0.39, 0.29) is 5.57 Å². The number of rotatable bonds is 3. The monoisotopic (exact) mass is 206 g/mol. The van der Waals surface area contributed by atoms with Gasteiger partial charge in [-0.3, -0.25) is 9.78 Å². The maximum atomic E-state index is 11.3. The summed E-state index contributed by atoms with van der Waals surface area (Å²) < 4.78 is 0. The van der Waals surface area contributed by atoms with Crippen LogP contribution in [0.15, 0.2) is 36.2 Å². The fraction of sp³-hybridized carbons (Fsp3) is 0.100. The molecule has 0 atom stereocenters. The first kappa shape index (κ1) is 10.9. The molecule has 1 aromatic rings. The quantitative estimate of drug-likeness (QED) is 0.724. The Kier molecular flexibility index (Phi) is 3.56. The van der Waals surface area contributed by atoms with Gasteiger partial charge in [0.1, 0.15) is 0 Å². The highest BCUT2D eigenvalue weighted by Crippen LogP contribution is 2.03. The largest absolute Gasteiger partial charge is 0.478 e. The molecule has 0 unspecified atom stereocenters. The third-order valence-corrected chi connectivity index (χ3v) is 1.63. The van der Waals surface area contributed by atoms with Gasteiger partial charge >= 0.3 is 5.97 Å². The van der Waals surface area contributed by atoms with Gasteiger partial charge in [-0.1, -0.05) is 0 Å². The maximum Gasteiger partial charge on any atom is 0.331 e. The molecule has 0 saturated heterocycles. The molecular formula is C10H10N2O3. The molecule has 0 bridgehead atoms. The lowest BCUT2D eigenvalue weighted by Crippen LogP contribution is -2.10. The lowest BCUT2D eigenvalue weighted by atomic mass is 10.3. The third-order valence-electron chi connectivity index (χ3n) is 1.63. The second kappa shape index (κ2) is 4.90.